The zero-order valence-electron chi connectivity index (χ0n) is 9.58. The predicted molar refractivity (Wildman–Crippen MR) is 63.9 cm³/mol. The van der Waals surface area contributed by atoms with Crippen molar-refractivity contribution in [1.82, 2.24) is 10.2 Å². The Hall–Kier alpha value is -0.220. The largest absolute Gasteiger partial charge is 0.327 e. The molecule has 0 aromatic carbocycles. The van der Waals surface area contributed by atoms with Crippen LogP contribution in [0.1, 0.15) is 33.1 Å². The van der Waals surface area contributed by atoms with Gasteiger partial charge in [-0.25, -0.2) is 0 Å². The maximum absolute atomic E-state index is 12.1. The van der Waals surface area contributed by atoms with E-state index < -0.39 is 0 Å². The summed E-state index contributed by atoms with van der Waals surface area (Å²) in [7, 11) is 0. The van der Waals surface area contributed by atoms with Gasteiger partial charge in [0.15, 0.2) is 0 Å². The second-order valence-electron chi connectivity index (χ2n) is 4.68. The third kappa shape index (κ3) is 2.16. The van der Waals surface area contributed by atoms with Gasteiger partial charge in [0, 0.05) is 11.8 Å². The molecule has 4 heteroatoms. The van der Waals surface area contributed by atoms with E-state index in [-0.39, 0.29) is 11.4 Å². The first kappa shape index (κ1) is 11.3. The number of carbonyl (C=O) groups excluding carboxylic acids is 1. The molecule has 0 aliphatic carbocycles. The van der Waals surface area contributed by atoms with Crippen molar-refractivity contribution >= 4 is 17.7 Å². The van der Waals surface area contributed by atoms with Gasteiger partial charge in [-0.1, -0.05) is 6.92 Å². The molecule has 1 amide bonds. The maximum atomic E-state index is 12.1. The van der Waals surface area contributed by atoms with Gasteiger partial charge < -0.3 is 4.90 Å². The Kier molecular flexibility index (Phi) is 3.26. The van der Waals surface area contributed by atoms with Crippen molar-refractivity contribution in [3.63, 3.8) is 0 Å². The van der Waals surface area contributed by atoms with E-state index in [2.05, 4.69) is 12.2 Å². The highest BCUT2D eigenvalue weighted by Crippen LogP contribution is 2.28. The number of nitrogens with zero attached hydrogens (tertiary/aromatic N) is 1. The van der Waals surface area contributed by atoms with Gasteiger partial charge in [0.2, 0.25) is 5.91 Å². The van der Waals surface area contributed by atoms with Crippen molar-refractivity contribution in [2.45, 2.75) is 43.9 Å². The van der Waals surface area contributed by atoms with Gasteiger partial charge in [-0.3, -0.25) is 10.1 Å². The van der Waals surface area contributed by atoms with Gasteiger partial charge in [0.25, 0.3) is 0 Å². The van der Waals surface area contributed by atoms with Gasteiger partial charge in [0.05, 0.1) is 12.2 Å². The van der Waals surface area contributed by atoms with Gasteiger partial charge in [-0.2, -0.15) is 11.8 Å². The van der Waals surface area contributed by atoms with Crippen LogP contribution in [0.25, 0.3) is 0 Å². The summed E-state index contributed by atoms with van der Waals surface area (Å²) in [5.41, 5.74) is -0.302. The van der Waals surface area contributed by atoms with Crippen molar-refractivity contribution in [2.24, 2.45) is 0 Å². The number of hydrogen-bond donors (Lipinski definition) is 1. The van der Waals surface area contributed by atoms with E-state index in [9.17, 15) is 4.79 Å². The van der Waals surface area contributed by atoms with Crippen LogP contribution in [0, 0.1) is 0 Å². The number of nitrogens with one attached hydrogen (secondary N) is 1. The molecule has 0 aromatic rings. The molecular formula is C11H20N2OS. The molecule has 0 radical (unpaired) electrons. The minimum Gasteiger partial charge on any atom is -0.327 e. The highest BCUT2D eigenvalue weighted by atomic mass is 32.2. The fraction of sp³-hybridized carbons (Fsp3) is 0.909. The van der Waals surface area contributed by atoms with Gasteiger partial charge in [-0.05, 0) is 31.9 Å². The van der Waals surface area contributed by atoms with Crippen LogP contribution in [0.15, 0.2) is 0 Å². The van der Waals surface area contributed by atoms with Crippen LogP contribution in [0.3, 0.4) is 0 Å². The first-order chi connectivity index (χ1) is 7.15. The molecule has 86 valence electrons. The zero-order chi connectivity index (χ0) is 10.9. The number of thioether (sulfide) groups is 1. The minimum atomic E-state index is -0.302. The summed E-state index contributed by atoms with van der Waals surface area (Å²) in [4.78, 5) is 14.1. The predicted octanol–water partition coefficient (Wildman–Crippen LogP) is 1.44. The fourth-order valence-corrected chi connectivity index (χ4v) is 3.51. The second-order valence-corrected chi connectivity index (χ2v) is 6.09. The summed E-state index contributed by atoms with van der Waals surface area (Å²) < 4.78 is 0. The number of amides is 1. The molecule has 0 spiro atoms. The van der Waals surface area contributed by atoms with Crippen LogP contribution in [0.5, 0.6) is 0 Å². The van der Waals surface area contributed by atoms with Crippen LogP contribution in [-0.4, -0.2) is 40.6 Å². The van der Waals surface area contributed by atoms with Crippen molar-refractivity contribution in [1.29, 1.82) is 0 Å². The smallest absolute Gasteiger partial charge is 0.243 e. The Morgan fingerprint density at radius 1 is 1.67 bits per heavy atom. The van der Waals surface area contributed by atoms with Crippen LogP contribution < -0.4 is 5.32 Å². The molecule has 2 aliphatic rings. The molecule has 2 fully saturated rings. The van der Waals surface area contributed by atoms with E-state index >= 15 is 0 Å². The standard InChI is InChI=1S/C11H20N2OS/c1-3-11(2)10(14)13(8-12-11)7-9-5-4-6-15-9/h9,12H,3-8H2,1-2H3. The quantitative estimate of drug-likeness (QED) is 0.793. The average Bonchev–Trinajstić information content (AvgIpc) is 2.83. The summed E-state index contributed by atoms with van der Waals surface area (Å²) in [6, 6.07) is 0. The molecule has 2 unspecified atom stereocenters. The van der Waals surface area contributed by atoms with Gasteiger partial charge in [0.1, 0.15) is 0 Å². The van der Waals surface area contributed by atoms with Crippen LogP contribution in [0.4, 0.5) is 0 Å². The molecule has 2 saturated heterocycles. The normalized spacial score (nSPS) is 36.5. The Labute approximate surface area is 96.0 Å². The molecule has 3 nitrogen and oxygen atoms in total. The lowest BCUT2D eigenvalue weighted by molar-refractivity contribution is -0.132. The number of rotatable bonds is 3. The summed E-state index contributed by atoms with van der Waals surface area (Å²) in [5, 5.41) is 4.00. The van der Waals surface area contributed by atoms with E-state index in [4.69, 9.17) is 0 Å². The zero-order valence-corrected chi connectivity index (χ0v) is 10.4. The van der Waals surface area contributed by atoms with Gasteiger partial charge in [-0.15, -0.1) is 0 Å². The van der Waals surface area contributed by atoms with E-state index in [0.29, 0.717) is 5.25 Å². The number of hydrogen-bond acceptors (Lipinski definition) is 3. The molecular weight excluding hydrogens is 208 g/mol. The van der Waals surface area contributed by atoms with Crippen LogP contribution in [0.2, 0.25) is 0 Å². The summed E-state index contributed by atoms with van der Waals surface area (Å²) in [5.74, 6) is 1.56. The molecule has 2 rings (SSSR count). The molecule has 2 atom stereocenters. The molecule has 15 heavy (non-hydrogen) atoms. The van der Waals surface area contributed by atoms with E-state index in [1.54, 1.807) is 0 Å². The van der Waals surface area contributed by atoms with Crippen molar-refractivity contribution < 1.29 is 4.79 Å². The lowest BCUT2D eigenvalue weighted by atomic mass is 9.99. The van der Waals surface area contributed by atoms with E-state index in [1.165, 1.54) is 18.6 Å². The first-order valence-corrected chi connectivity index (χ1v) is 6.86. The summed E-state index contributed by atoms with van der Waals surface area (Å²) in [6.45, 7) is 5.75. The second kappa shape index (κ2) is 4.34. The van der Waals surface area contributed by atoms with Crippen LogP contribution >= 0.6 is 11.8 Å². The first-order valence-electron chi connectivity index (χ1n) is 5.82. The maximum Gasteiger partial charge on any atom is 0.243 e. The molecule has 2 aliphatic heterocycles. The van der Waals surface area contributed by atoms with Crippen molar-refractivity contribution in [3.8, 4) is 0 Å². The highest BCUT2D eigenvalue weighted by Gasteiger charge is 2.41. The lowest BCUT2D eigenvalue weighted by Crippen LogP contribution is -2.43. The van der Waals surface area contributed by atoms with E-state index in [0.717, 1.165) is 19.6 Å². The third-order valence-electron chi connectivity index (χ3n) is 3.57. The van der Waals surface area contributed by atoms with Crippen molar-refractivity contribution in [3.05, 3.63) is 0 Å². The van der Waals surface area contributed by atoms with Crippen LogP contribution in [-0.2, 0) is 4.79 Å². The fourth-order valence-electron chi connectivity index (χ4n) is 2.22. The lowest BCUT2D eigenvalue weighted by Gasteiger charge is -2.22. The topological polar surface area (TPSA) is 32.3 Å². The highest BCUT2D eigenvalue weighted by molar-refractivity contribution is 8.00. The minimum absolute atomic E-state index is 0.289. The average molecular weight is 228 g/mol. The Morgan fingerprint density at radius 3 is 3.00 bits per heavy atom. The Balaban J connectivity index is 1.92. The molecule has 2 heterocycles. The molecule has 0 bridgehead atoms. The summed E-state index contributed by atoms with van der Waals surface area (Å²) in [6.07, 6.45) is 3.47. The molecule has 1 N–H and O–H groups in total. The number of carbonyl (C=O) groups is 1. The Morgan fingerprint density at radius 2 is 2.47 bits per heavy atom. The van der Waals surface area contributed by atoms with Crippen molar-refractivity contribution in [2.75, 3.05) is 19.0 Å². The van der Waals surface area contributed by atoms with Gasteiger partial charge >= 0.3 is 0 Å². The third-order valence-corrected chi connectivity index (χ3v) is 4.95. The molecule has 0 saturated carbocycles. The monoisotopic (exact) mass is 228 g/mol. The van der Waals surface area contributed by atoms with E-state index in [1.807, 2.05) is 23.6 Å². The summed E-state index contributed by atoms with van der Waals surface area (Å²) >= 11 is 2.02. The Bertz CT molecular complexity index is 253. The SMILES string of the molecule is CCC1(C)NCN(CC2CCCS2)C1=O. The molecule has 0 aromatic heterocycles.